The molecule has 0 saturated carbocycles. The Kier molecular flexibility index (Phi) is 4.07. The van der Waals surface area contributed by atoms with Crippen LogP contribution < -0.4 is 5.73 Å². The first kappa shape index (κ1) is 12.5. The number of hydrogen-bond donors (Lipinski definition) is 1. The van der Waals surface area contributed by atoms with Gasteiger partial charge in [0.2, 0.25) is 0 Å². The minimum atomic E-state index is -0.559. The van der Waals surface area contributed by atoms with Gasteiger partial charge in [0, 0.05) is 12.1 Å². The Labute approximate surface area is 100 Å². The van der Waals surface area contributed by atoms with E-state index >= 15 is 0 Å². The first-order valence-corrected chi connectivity index (χ1v) is 6.09. The third-order valence-corrected chi connectivity index (χ3v) is 3.27. The highest BCUT2D eigenvalue weighted by Gasteiger charge is 2.14. The first-order chi connectivity index (χ1) is 8.15. The number of likely N-dealkylation sites (tertiary alicyclic amines) is 1. The molecule has 2 N–H and O–H groups in total. The maximum atomic E-state index is 13.0. The van der Waals surface area contributed by atoms with Crippen molar-refractivity contribution in [1.29, 1.82) is 0 Å². The normalized spacial score (nSPS) is 18.5. The lowest BCUT2D eigenvalue weighted by Gasteiger charge is -2.18. The van der Waals surface area contributed by atoms with Gasteiger partial charge in [-0.3, -0.25) is 0 Å². The van der Waals surface area contributed by atoms with Gasteiger partial charge in [-0.1, -0.05) is 0 Å². The summed E-state index contributed by atoms with van der Waals surface area (Å²) in [5.74, 6) is -1.12. The molecule has 2 rings (SSSR count). The zero-order chi connectivity index (χ0) is 12.3. The predicted octanol–water partition coefficient (Wildman–Crippen LogP) is 2.45. The molecular weight excluding hydrogens is 222 g/mol. The van der Waals surface area contributed by atoms with Crippen molar-refractivity contribution in [2.24, 2.45) is 5.73 Å². The Bertz CT molecular complexity index is 355. The molecule has 1 unspecified atom stereocenters. The van der Waals surface area contributed by atoms with Crippen molar-refractivity contribution in [2.45, 2.75) is 25.3 Å². The third kappa shape index (κ3) is 3.48. The fourth-order valence-corrected chi connectivity index (χ4v) is 2.28. The summed E-state index contributed by atoms with van der Waals surface area (Å²) in [5, 5.41) is 0. The van der Waals surface area contributed by atoms with Gasteiger partial charge in [0.15, 0.2) is 0 Å². The molecule has 1 aromatic rings. The lowest BCUT2D eigenvalue weighted by atomic mass is 10.0. The molecule has 0 spiro atoms. The molecule has 0 radical (unpaired) electrons. The summed E-state index contributed by atoms with van der Waals surface area (Å²) >= 11 is 0. The van der Waals surface area contributed by atoms with Gasteiger partial charge < -0.3 is 10.6 Å². The van der Waals surface area contributed by atoms with Gasteiger partial charge in [-0.2, -0.15) is 0 Å². The van der Waals surface area contributed by atoms with Gasteiger partial charge in [-0.25, -0.2) is 8.78 Å². The van der Waals surface area contributed by atoms with Crippen molar-refractivity contribution in [3.63, 3.8) is 0 Å². The summed E-state index contributed by atoms with van der Waals surface area (Å²) < 4.78 is 26.0. The maximum Gasteiger partial charge on any atom is 0.126 e. The highest BCUT2D eigenvalue weighted by molar-refractivity contribution is 5.21. The van der Waals surface area contributed by atoms with E-state index in [1.165, 1.54) is 25.0 Å². The molecule has 4 heteroatoms. The van der Waals surface area contributed by atoms with Crippen LogP contribution in [0, 0.1) is 11.6 Å². The zero-order valence-electron chi connectivity index (χ0n) is 9.83. The van der Waals surface area contributed by atoms with E-state index in [4.69, 9.17) is 5.73 Å². The van der Waals surface area contributed by atoms with Crippen LogP contribution in [0.2, 0.25) is 0 Å². The van der Waals surface area contributed by atoms with Crippen LogP contribution in [0.15, 0.2) is 18.2 Å². The van der Waals surface area contributed by atoms with Crippen LogP contribution >= 0.6 is 0 Å². The Morgan fingerprint density at radius 3 is 2.29 bits per heavy atom. The van der Waals surface area contributed by atoms with E-state index in [0.29, 0.717) is 5.56 Å². The fraction of sp³-hybridized carbons (Fsp3) is 0.538. The molecule has 0 bridgehead atoms. The molecular formula is C13H18F2N2. The quantitative estimate of drug-likeness (QED) is 0.876. The van der Waals surface area contributed by atoms with Crippen LogP contribution in [0.25, 0.3) is 0 Å². The highest BCUT2D eigenvalue weighted by Crippen LogP contribution is 2.18. The second kappa shape index (κ2) is 5.56. The van der Waals surface area contributed by atoms with Crippen LogP contribution in [0.4, 0.5) is 8.78 Å². The van der Waals surface area contributed by atoms with Crippen LogP contribution in [0.5, 0.6) is 0 Å². The molecule has 0 amide bonds. The minimum Gasteiger partial charge on any atom is -0.324 e. The van der Waals surface area contributed by atoms with Gasteiger partial charge in [0.1, 0.15) is 11.6 Å². The SMILES string of the molecule is NC(CCN1CCCC1)c1cc(F)cc(F)c1. The van der Waals surface area contributed by atoms with E-state index in [1.807, 2.05) is 0 Å². The summed E-state index contributed by atoms with van der Waals surface area (Å²) in [6.45, 7) is 3.13. The molecule has 1 fully saturated rings. The lowest BCUT2D eigenvalue weighted by molar-refractivity contribution is 0.322. The molecule has 1 aliphatic heterocycles. The van der Waals surface area contributed by atoms with Crippen molar-refractivity contribution in [2.75, 3.05) is 19.6 Å². The number of rotatable bonds is 4. The Morgan fingerprint density at radius 1 is 1.12 bits per heavy atom. The molecule has 1 saturated heterocycles. The molecule has 94 valence electrons. The average molecular weight is 240 g/mol. The maximum absolute atomic E-state index is 13.0. The van der Waals surface area contributed by atoms with E-state index in [0.717, 1.165) is 32.1 Å². The van der Waals surface area contributed by atoms with Crippen molar-refractivity contribution in [3.8, 4) is 0 Å². The topological polar surface area (TPSA) is 29.3 Å². The van der Waals surface area contributed by atoms with E-state index in [2.05, 4.69) is 4.90 Å². The summed E-state index contributed by atoms with van der Waals surface area (Å²) in [6.07, 6.45) is 3.22. The highest BCUT2D eigenvalue weighted by atomic mass is 19.1. The van der Waals surface area contributed by atoms with Crippen LogP contribution in [0.1, 0.15) is 30.9 Å². The van der Waals surface area contributed by atoms with Crippen molar-refractivity contribution < 1.29 is 8.78 Å². The third-order valence-electron chi connectivity index (χ3n) is 3.27. The summed E-state index contributed by atoms with van der Waals surface area (Å²) in [4.78, 5) is 2.34. The molecule has 1 aliphatic rings. The monoisotopic (exact) mass is 240 g/mol. The summed E-state index contributed by atoms with van der Waals surface area (Å²) in [7, 11) is 0. The van der Waals surface area contributed by atoms with Crippen LogP contribution in [-0.2, 0) is 0 Å². The van der Waals surface area contributed by atoms with Gasteiger partial charge in [0.05, 0.1) is 0 Å². The molecule has 0 aliphatic carbocycles. The van der Waals surface area contributed by atoms with E-state index < -0.39 is 11.6 Å². The standard InChI is InChI=1S/C13H18F2N2/c14-11-7-10(8-12(15)9-11)13(16)3-6-17-4-1-2-5-17/h7-9,13H,1-6,16H2. The Morgan fingerprint density at radius 2 is 1.71 bits per heavy atom. The Hall–Kier alpha value is -1.00. The van der Waals surface area contributed by atoms with Gasteiger partial charge >= 0.3 is 0 Å². The molecule has 0 aromatic heterocycles. The fourth-order valence-electron chi connectivity index (χ4n) is 2.28. The zero-order valence-corrected chi connectivity index (χ0v) is 9.83. The minimum absolute atomic E-state index is 0.291. The van der Waals surface area contributed by atoms with E-state index in [-0.39, 0.29) is 6.04 Å². The first-order valence-electron chi connectivity index (χ1n) is 6.09. The van der Waals surface area contributed by atoms with Gasteiger partial charge in [-0.15, -0.1) is 0 Å². The smallest absolute Gasteiger partial charge is 0.126 e. The lowest BCUT2D eigenvalue weighted by Crippen LogP contribution is -2.24. The largest absolute Gasteiger partial charge is 0.324 e. The van der Waals surface area contributed by atoms with Crippen molar-refractivity contribution in [1.82, 2.24) is 4.90 Å². The molecule has 1 heterocycles. The van der Waals surface area contributed by atoms with Crippen LogP contribution in [-0.4, -0.2) is 24.5 Å². The Balaban J connectivity index is 1.91. The van der Waals surface area contributed by atoms with Gasteiger partial charge in [0.25, 0.3) is 0 Å². The number of halogens is 2. The van der Waals surface area contributed by atoms with E-state index in [1.54, 1.807) is 0 Å². The predicted molar refractivity (Wildman–Crippen MR) is 63.6 cm³/mol. The molecule has 1 aromatic carbocycles. The second-order valence-electron chi connectivity index (χ2n) is 4.65. The van der Waals surface area contributed by atoms with Crippen LogP contribution in [0.3, 0.4) is 0 Å². The number of nitrogens with zero attached hydrogens (tertiary/aromatic N) is 1. The second-order valence-corrected chi connectivity index (χ2v) is 4.65. The van der Waals surface area contributed by atoms with Crippen molar-refractivity contribution in [3.05, 3.63) is 35.4 Å². The molecule has 17 heavy (non-hydrogen) atoms. The number of benzene rings is 1. The molecule has 2 nitrogen and oxygen atoms in total. The van der Waals surface area contributed by atoms with Gasteiger partial charge in [-0.05, 0) is 56.6 Å². The summed E-state index contributed by atoms with van der Waals surface area (Å²) in [5.41, 5.74) is 6.49. The number of hydrogen-bond acceptors (Lipinski definition) is 2. The average Bonchev–Trinajstić information content (AvgIpc) is 2.77. The molecule has 1 atom stereocenters. The van der Waals surface area contributed by atoms with Crippen molar-refractivity contribution >= 4 is 0 Å². The summed E-state index contributed by atoms with van der Waals surface area (Å²) in [6, 6.07) is 3.22. The number of nitrogens with two attached hydrogens (primary N) is 1. The van der Waals surface area contributed by atoms with E-state index in [9.17, 15) is 8.78 Å².